The van der Waals surface area contributed by atoms with Crippen LogP contribution in [-0.2, 0) is 14.9 Å². The van der Waals surface area contributed by atoms with Crippen LogP contribution >= 0.6 is 69.6 Å². The van der Waals surface area contributed by atoms with E-state index in [4.69, 9.17) is 79.1 Å². The molecule has 2 aromatic rings. The van der Waals surface area contributed by atoms with Crippen molar-refractivity contribution in [1.29, 1.82) is 0 Å². The number of benzene rings is 1. The van der Waals surface area contributed by atoms with Gasteiger partial charge in [0.1, 0.15) is 24.7 Å². The zero-order valence-electron chi connectivity index (χ0n) is 17.7. The Morgan fingerprint density at radius 2 is 1.44 bits per heavy atom. The third-order valence-corrected chi connectivity index (χ3v) is 4.56. The van der Waals surface area contributed by atoms with Gasteiger partial charge in [0.2, 0.25) is 7.59 Å². The van der Waals surface area contributed by atoms with Gasteiger partial charge in [0.05, 0.1) is 5.69 Å². The molecule has 0 unspecified atom stereocenters. The Morgan fingerprint density at radius 3 is 1.85 bits per heavy atom. The van der Waals surface area contributed by atoms with E-state index in [2.05, 4.69) is 5.10 Å². The number of anilines is 1. The molecule has 15 heteroatoms. The van der Waals surface area contributed by atoms with Crippen molar-refractivity contribution in [1.82, 2.24) is 9.78 Å². The molecule has 0 spiro atoms. The smallest absolute Gasteiger partial charge is 0.425 e. The van der Waals surface area contributed by atoms with E-state index in [0.717, 1.165) is 16.8 Å². The van der Waals surface area contributed by atoms with Crippen molar-refractivity contribution < 1.29 is 27.8 Å². The number of carbonyl (C=O) groups is 2. The van der Waals surface area contributed by atoms with Crippen LogP contribution in [0.4, 0.5) is 24.2 Å². The zero-order chi connectivity index (χ0) is 26.1. The lowest BCUT2D eigenvalue weighted by Gasteiger charge is -2.22. The number of hydrogen-bond acceptors (Lipinski definition) is 5. The van der Waals surface area contributed by atoms with E-state index < -0.39 is 50.0 Å². The Morgan fingerprint density at radius 1 is 0.941 bits per heavy atom. The van der Waals surface area contributed by atoms with Crippen LogP contribution in [0.5, 0.6) is 0 Å². The molecule has 0 N–H and O–H groups in total. The number of rotatable bonds is 4. The summed E-state index contributed by atoms with van der Waals surface area (Å²) in [5, 5.41) is 4.29. The average Bonchev–Trinajstić information content (AvgIpc) is 3.09. The van der Waals surface area contributed by atoms with Crippen LogP contribution in [-0.4, -0.2) is 42.8 Å². The highest BCUT2D eigenvalue weighted by molar-refractivity contribution is 6.68. The number of amides is 2. The fourth-order valence-corrected chi connectivity index (χ4v) is 2.73. The zero-order valence-corrected chi connectivity index (χ0v) is 22.3. The van der Waals surface area contributed by atoms with E-state index in [-0.39, 0.29) is 11.5 Å². The van der Waals surface area contributed by atoms with Crippen LogP contribution in [0.2, 0.25) is 0 Å². The molecule has 1 aromatic carbocycles. The van der Waals surface area contributed by atoms with Crippen LogP contribution in [0.3, 0.4) is 0 Å². The maximum absolute atomic E-state index is 14.6. The van der Waals surface area contributed by atoms with Crippen molar-refractivity contribution in [2.45, 2.75) is 33.8 Å². The summed E-state index contributed by atoms with van der Waals surface area (Å²) in [4.78, 5) is 26.1. The molecule has 0 aliphatic rings. The van der Waals surface area contributed by atoms with Crippen molar-refractivity contribution in [3.63, 3.8) is 0 Å². The Kier molecular flexibility index (Phi) is 9.21. The van der Waals surface area contributed by atoms with Gasteiger partial charge in [-0.3, -0.25) is 0 Å². The number of hydrogen-bond donors (Lipinski definition) is 0. The molecule has 0 atom stereocenters. The fourth-order valence-electron chi connectivity index (χ4n) is 2.41. The van der Waals surface area contributed by atoms with Crippen molar-refractivity contribution in [2.24, 2.45) is 0 Å². The Labute approximate surface area is 223 Å². The minimum Gasteiger partial charge on any atom is -0.444 e. The molecule has 0 saturated heterocycles. The van der Waals surface area contributed by atoms with E-state index in [1.807, 2.05) is 0 Å². The van der Waals surface area contributed by atoms with Gasteiger partial charge in [-0.2, -0.15) is 10.00 Å². The van der Waals surface area contributed by atoms with Gasteiger partial charge in [-0.05, 0) is 12.1 Å². The first kappa shape index (κ1) is 29.0. The molecule has 0 saturated carbocycles. The van der Waals surface area contributed by atoms with Crippen LogP contribution < -0.4 is 4.90 Å². The number of alkyl halides is 6. The molecule has 2 amide bonds. The maximum atomic E-state index is 14.6. The van der Waals surface area contributed by atoms with Crippen molar-refractivity contribution in [3.05, 3.63) is 41.6 Å². The maximum Gasteiger partial charge on any atom is 0.425 e. The lowest BCUT2D eigenvalue weighted by molar-refractivity contribution is 0.136. The third-order valence-electron chi connectivity index (χ3n) is 3.91. The summed E-state index contributed by atoms with van der Waals surface area (Å²) < 4.78 is 34.8. The molecule has 1 aromatic heterocycles. The molecule has 0 bridgehead atoms. The quantitative estimate of drug-likeness (QED) is 0.345. The van der Waals surface area contributed by atoms with E-state index in [1.165, 1.54) is 6.07 Å². The number of halogens is 8. The van der Waals surface area contributed by atoms with Gasteiger partial charge in [0.15, 0.2) is 11.6 Å². The lowest BCUT2D eigenvalue weighted by Crippen LogP contribution is -2.41. The summed E-state index contributed by atoms with van der Waals surface area (Å²) in [6.45, 7) is 3.82. The summed E-state index contributed by atoms with van der Waals surface area (Å²) in [7, 11) is 0. The molecular weight excluding hydrogens is 585 g/mol. The molecular formula is C19H17Cl6F2N3O4. The Hall–Kier alpha value is -1.23. The molecule has 1 heterocycles. The molecule has 34 heavy (non-hydrogen) atoms. The fraction of sp³-hybridized carbons (Fsp3) is 0.421. The van der Waals surface area contributed by atoms with Gasteiger partial charge in [-0.1, -0.05) is 90.4 Å². The second-order valence-electron chi connectivity index (χ2n) is 7.82. The predicted molar refractivity (Wildman–Crippen MR) is 128 cm³/mol. The van der Waals surface area contributed by atoms with Crippen LogP contribution in [0.1, 0.15) is 26.5 Å². The van der Waals surface area contributed by atoms with Crippen molar-refractivity contribution in [3.8, 4) is 5.69 Å². The van der Waals surface area contributed by atoms with Crippen molar-refractivity contribution in [2.75, 3.05) is 18.1 Å². The summed E-state index contributed by atoms with van der Waals surface area (Å²) in [6, 6.07) is 3.93. The second kappa shape index (κ2) is 10.8. The lowest BCUT2D eigenvalue weighted by atomic mass is 9.92. The number of carbonyl (C=O) groups excluding carboxylic acids is 2. The topological polar surface area (TPSA) is 73.7 Å². The molecule has 0 aliphatic heterocycles. The highest BCUT2D eigenvalue weighted by Gasteiger charge is 2.36. The van der Waals surface area contributed by atoms with E-state index in [1.54, 1.807) is 20.8 Å². The highest BCUT2D eigenvalue weighted by Crippen LogP contribution is 2.32. The molecule has 0 fully saturated rings. The first-order valence-electron chi connectivity index (χ1n) is 9.22. The van der Waals surface area contributed by atoms with Gasteiger partial charge >= 0.3 is 12.2 Å². The summed E-state index contributed by atoms with van der Waals surface area (Å²) in [5.41, 5.74) is -0.606. The highest BCUT2D eigenvalue weighted by atomic mass is 35.6. The minimum atomic E-state index is -2.01. The number of imide groups is 1. The minimum absolute atomic E-state index is 0.291. The van der Waals surface area contributed by atoms with Gasteiger partial charge < -0.3 is 9.47 Å². The SMILES string of the molecule is CC(C)(C)c1cc(N(C(=O)OCC(Cl)(Cl)Cl)C(=O)OCC(Cl)(Cl)Cl)n(-c2ccc(F)cc2F)n1. The van der Waals surface area contributed by atoms with Gasteiger partial charge in [-0.25, -0.2) is 23.1 Å². The molecule has 188 valence electrons. The number of ether oxygens (including phenoxy) is 2. The molecule has 7 nitrogen and oxygen atoms in total. The normalized spacial score (nSPS) is 12.4. The second-order valence-corrected chi connectivity index (χ2v) is 12.9. The number of nitrogens with zero attached hydrogens (tertiary/aromatic N) is 3. The third kappa shape index (κ3) is 8.17. The first-order valence-corrected chi connectivity index (χ1v) is 11.5. The van der Waals surface area contributed by atoms with Gasteiger partial charge in [0.25, 0.3) is 0 Å². The Bertz CT molecular complexity index is 1030. The standard InChI is InChI=1S/C19H17Cl6F2N3O4/c1-17(2,3)13-7-14(30(28-13)12-5-4-10(26)6-11(12)27)29(15(31)33-8-18(20,21)22)16(32)34-9-19(23,24)25/h4-7H,8-9H2,1-3H3. The monoisotopic (exact) mass is 599 g/mol. The van der Waals surface area contributed by atoms with Crippen LogP contribution in [0, 0.1) is 11.6 Å². The van der Waals surface area contributed by atoms with Gasteiger partial charge in [0, 0.05) is 17.5 Å². The van der Waals surface area contributed by atoms with E-state index in [9.17, 15) is 18.4 Å². The largest absolute Gasteiger partial charge is 0.444 e. The van der Waals surface area contributed by atoms with Crippen LogP contribution in [0.15, 0.2) is 24.3 Å². The van der Waals surface area contributed by atoms with Crippen molar-refractivity contribution >= 4 is 87.6 Å². The van der Waals surface area contributed by atoms with E-state index >= 15 is 0 Å². The summed E-state index contributed by atoms with van der Waals surface area (Å²) >= 11 is 33.7. The molecule has 2 rings (SSSR count). The molecule has 0 radical (unpaired) electrons. The molecule has 0 aliphatic carbocycles. The van der Waals surface area contributed by atoms with Gasteiger partial charge in [-0.15, -0.1) is 0 Å². The Balaban J connectivity index is 2.66. The first-order chi connectivity index (χ1) is 15.4. The van der Waals surface area contributed by atoms with Crippen LogP contribution in [0.25, 0.3) is 5.69 Å². The average molecular weight is 602 g/mol. The summed E-state index contributed by atoms with van der Waals surface area (Å²) in [5.74, 6) is -2.22. The number of aromatic nitrogens is 2. The predicted octanol–water partition coefficient (Wildman–Crippen LogP) is 7.27. The van der Waals surface area contributed by atoms with E-state index in [0.29, 0.717) is 16.7 Å². The summed E-state index contributed by atoms with van der Waals surface area (Å²) in [6.07, 6.45) is -2.74.